The largest absolute Gasteiger partial charge is 0.454 e. The molecule has 0 bridgehead atoms. The monoisotopic (exact) mass is 702 g/mol. The second kappa shape index (κ2) is 12.8. The summed E-state index contributed by atoms with van der Waals surface area (Å²) in [5, 5.41) is 23.9. The number of hydrogen-bond donors (Lipinski definition) is 0. The number of alkyl halides is 6. The van der Waals surface area contributed by atoms with E-state index in [2.05, 4.69) is 0 Å². The lowest BCUT2D eigenvalue weighted by molar-refractivity contribution is -0.383. The maximum absolute atomic E-state index is 13.2. The van der Waals surface area contributed by atoms with Gasteiger partial charge in [-0.3, -0.25) is 20.2 Å². The summed E-state index contributed by atoms with van der Waals surface area (Å²) in [6.07, 6.45) is -9.34. The number of ether oxygens (including phenoxy) is 1. The van der Waals surface area contributed by atoms with E-state index in [9.17, 15) is 46.6 Å². The minimum absolute atomic E-state index is 0.00328. The zero-order chi connectivity index (χ0) is 35.2. The molecular formula is C30H22Cl2F6N4O5. The standard InChI is InChI=1S/C30H22Cl2F6N4O5/c1-39(2)27-23(31)21(13-19(25(27)41(43)44)15-5-9-17(10-6-15)29(33,34)35)47-22-14-20(16-7-11-18(12-8-16)30(36,37)38)26(42(45)46)28(24(22)32)40(3)4/h5-14H,1-4H3. The van der Waals surface area contributed by atoms with Crippen LogP contribution in [0.15, 0.2) is 60.7 Å². The number of rotatable bonds is 8. The van der Waals surface area contributed by atoms with Crippen LogP contribution in [0.4, 0.5) is 49.1 Å². The van der Waals surface area contributed by atoms with E-state index in [1.54, 1.807) is 0 Å². The van der Waals surface area contributed by atoms with Gasteiger partial charge in [-0.1, -0.05) is 47.5 Å². The predicted molar refractivity (Wildman–Crippen MR) is 166 cm³/mol. The van der Waals surface area contributed by atoms with Crippen LogP contribution in [-0.2, 0) is 12.4 Å². The molecule has 0 aliphatic heterocycles. The van der Waals surface area contributed by atoms with Gasteiger partial charge in [0, 0.05) is 28.2 Å². The molecule has 248 valence electrons. The van der Waals surface area contributed by atoms with Gasteiger partial charge in [-0.15, -0.1) is 0 Å². The molecule has 4 aromatic rings. The van der Waals surface area contributed by atoms with E-state index < -0.39 is 44.7 Å². The molecule has 0 aliphatic rings. The van der Waals surface area contributed by atoms with Crippen LogP contribution < -0.4 is 14.5 Å². The Morgan fingerprint density at radius 2 is 0.915 bits per heavy atom. The third-order valence-electron chi connectivity index (χ3n) is 6.88. The molecule has 0 spiro atoms. The predicted octanol–water partition coefficient (Wildman–Crippen LogP) is 10.1. The van der Waals surface area contributed by atoms with Crippen LogP contribution in [0.25, 0.3) is 22.3 Å². The van der Waals surface area contributed by atoms with Crippen molar-refractivity contribution < 1.29 is 40.9 Å². The number of nitro benzene ring substituents is 2. The number of hydrogen-bond acceptors (Lipinski definition) is 7. The van der Waals surface area contributed by atoms with Crippen LogP contribution in [0.5, 0.6) is 11.5 Å². The van der Waals surface area contributed by atoms with Crippen molar-refractivity contribution in [1.29, 1.82) is 0 Å². The maximum atomic E-state index is 13.2. The van der Waals surface area contributed by atoms with E-state index in [1.165, 1.54) is 38.0 Å². The summed E-state index contributed by atoms with van der Waals surface area (Å²) >= 11 is 13.2. The fourth-order valence-electron chi connectivity index (χ4n) is 4.79. The Bertz CT molecular complexity index is 1730. The molecule has 0 saturated heterocycles. The van der Waals surface area contributed by atoms with E-state index in [1.807, 2.05) is 0 Å². The molecule has 4 rings (SSSR count). The quantitative estimate of drug-likeness (QED) is 0.102. The Hall–Kier alpha value is -4.76. The molecular weight excluding hydrogens is 681 g/mol. The van der Waals surface area contributed by atoms with E-state index in [4.69, 9.17) is 27.9 Å². The molecule has 47 heavy (non-hydrogen) atoms. The van der Waals surface area contributed by atoms with Crippen LogP contribution in [-0.4, -0.2) is 38.0 Å². The van der Waals surface area contributed by atoms with E-state index in [0.29, 0.717) is 0 Å². The third-order valence-corrected chi connectivity index (χ3v) is 7.61. The van der Waals surface area contributed by atoms with Gasteiger partial charge in [0.25, 0.3) is 0 Å². The lowest BCUT2D eigenvalue weighted by Crippen LogP contribution is -2.14. The van der Waals surface area contributed by atoms with Gasteiger partial charge >= 0.3 is 23.7 Å². The van der Waals surface area contributed by atoms with E-state index in [-0.39, 0.29) is 55.2 Å². The fourth-order valence-corrected chi connectivity index (χ4v) is 5.50. The highest BCUT2D eigenvalue weighted by Gasteiger charge is 2.35. The number of benzene rings is 4. The Balaban J connectivity index is 2.00. The summed E-state index contributed by atoms with van der Waals surface area (Å²) in [4.78, 5) is 25.6. The normalized spacial score (nSPS) is 11.7. The van der Waals surface area contributed by atoms with Gasteiger partial charge in [-0.2, -0.15) is 26.3 Å². The van der Waals surface area contributed by atoms with Gasteiger partial charge in [0.15, 0.2) is 0 Å². The number of nitro groups is 2. The maximum Gasteiger partial charge on any atom is 0.416 e. The zero-order valence-corrected chi connectivity index (χ0v) is 26.1. The number of halogens is 8. The molecule has 0 aliphatic carbocycles. The van der Waals surface area contributed by atoms with E-state index in [0.717, 1.165) is 60.7 Å². The van der Waals surface area contributed by atoms with Crippen LogP contribution in [0, 0.1) is 20.2 Å². The van der Waals surface area contributed by atoms with Crippen LogP contribution in [0.2, 0.25) is 10.0 Å². The molecule has 0 fully saturated rings. The summed E-state index contributed by atoms with van der Waals surface area (Å²) in [6.45, 7) is 0. The SMILES string of the molecule is CN(C)c1c(Cl)c(Oc2cc(-c3ccc(C(F)(F)F)cc3)c([N+](=O)[O-])c(N(C)C)c2Cl)cc(-c2ccc(C(F)(F)F)cc2)c1[N+](=O)[O-]. The van der Waals surface area contributed by atoms with Crippen molar-refractivity contribution in [2.24, 2.45) is 0 Å². The van der Waals surface area contributed by atoms with Crippen molar-refractivity contribution in [3.8, 4) is 33.8 Å². The smallest absolute Gasteiger partial charge is 0.416 e. The van der Waals surface area contributed by atoms with Gasteiger partial charge in [0.05, 0.1) is 32.1 Å². The summed E-state index contributed by atoms with van der Waals surface area (Å²) in [5.41, 5.74) is -3.81. The third kappa shape index (κ3) is 7.00. The first-order valence-electron chi connectivity index (χ1n) is 13.1. The van der Waals surface area contributed by atoms with Crippen molar-refractivity contribution in [2.75, 3.05) is 38.0 Å². The van der Waals surface area contributed by atoms with Crippen molar-refractivity contribution in [2.45, 2.75) is 12.4 Å². The van der Waals surface area contributed by atoms with Crippen molar-refractivity contribution >= 4 is 46.0 Å². The Labute approximate surface area is 272 Å². The van der Waals surface area contributed by atoms with Crippen LogP contribution >= 0.6 is 23.2 Å². The van der Waals surface area contributed by atoms with Crippen molar-refractivity contribution in [1.82, 2.24) is 0 Å². The van der Waals surface area contributed by atoms with Crippen LogP contribution in [0.1, 0.15) is 11.1 Å². The number of nitrogens with zero attached hydrogens (tertiary/aromatic N) is 4. The Morgan fingerprint density at radius 1 is 0.617 bits per heavy atom. The molecule has 0 saturated carbocycles. The van der Waals surface area contributed by atoms with Gasteiger partial charge in [0.1, 0.15) is 32.9 Å². The molecule has 0 amide bonds. The lowest BCUT2D eigenvalue weighted by Gasteiger charge is -2.22. The average Bonchev–Trinajstić information content (AvgIpc) is 2.97. The van der Waals surface area contributed by atoms with Gasteiger partial charge in [-0.25, -0.2) is 0 Å². The highest BCUT2D eigenvalue weighted by atomic mass is 35.5. The second-order valence-corrected chi connectivity index (χ2v) is 11.2. The topological polar surface area (TPSA) is 102 Å². The molecule has 0 radical (unpaired) electrons. The average molecular weight is 703 g/mol. The lowest BCUT2D eigenvalue weighted by atomic mass is 9.99. The summed E-state index contributed by atoms with van der Waals surface area (Å²) in [7, 11) is 5.72. The van der Waals surface area contributed by atoms with Gasteiger partial charge in [0.2, 0.25) is 0 Å². The Morgan fingerprint density at radius 3 is 1.15 bits per heavy atom. The fraction of sp³-hybridized carbons (Fsp3) is 0.200. The summed E-state index contributed by atoms with van der Waals surface area (Å²) < 4.78 is 85.4. The molecule has 0 N–H and O–H groups in total. The van der Waals surface area contributed by atoms with Gasteiger partial charge < -0.3 is 14.5 Å². The molecule has 4 aromatic carbocycles. The summed E-state index contributed by atoms with van der Waals surface area (Å²) in [5.74, 6) is -0.538. The zero-order valence-electron chi connectivity index (χ0n) is 24.6. The highest BCUT2D eigenvalue weighted by Crippen LogP contribution is 2.52. The summed E-state index contributed by atoms with van der Waals surface area (Å²) in [6, 6.07) is 9.35. The van der Waals surface area contributed by atoms with Crippen molar-refractivity contribution in [3.63, 3.8) is 0 Å². The Kier molecular flexibility index (Phi) is 9.56. The first kappa shape index (κ1) is 35.1. The van der Waals surface area contributed by atoms with Crippen molar-refractivity contribution in [3.05, 3.63) is 102 Å². The molecule has 17 heteroatoms. The molecule has 9 nitrogen and oxygen atoms in total. The minimum atomic E-state index is -4.67. The molecule has 0 heterocycles. The first-order valence-corrected chi connectivity index (χ1v) is 13.9. The first-order chi connectivity index (χ1) is 21.7. The molecule has 0 unspecified atom stereocenters. The second-order valence-electron chi connectivity index (χ2n) is 10.4. The van der Waals surface area contributed by atoms with Crippen LogP contribution in [0.3, 0.4) is 0 Å². The minimum Gasteiger partial charge on any atom is -0.454 e. The molecule has 0 atom stereocenters. The van der Waals surface area contributed by atoms with E-state index >= 15 is 0 Å². The van der Waals surface area contributed by atoms with Gasteiger partial charge in [-0.05, 0) is 47.5 Å². The molecule has 0 aromatic heterocycles. The highest BCUT2D eigenvalue weighted by molar-refractivity contribution is 6.36. The number of anilines is 2.